The van der Waals surface area contributed by atoms with Gasteiger partial charge in [0.25, 0.3) is 5.91 Å². The molecule has 162 valence electrons. The molecule has 0 atom stereocenters. The van der Waals surface area contributed by atoms with E-state index in [0.717, 1.165) is 16.8 Å². The van der Waals surface area contributed by atoms with Crippen LogP contribution in [0.4, 0.5) is 5.69 Å². The van der Waals surface area contributed by atoms with Gasteiger partial charge in [0.1, 0.15) is 0 Å². The monoisotopic (exact) mass is 457 g/mol. The first kappa shape index (κ1) is 22.8. The number of benzene rings is 2. The molecule has 0 bridgehead atoms. The van der Waals surface area contributed by atoms with Gasteiger partial charge < -0.3 is 14.2 Å². The van der Waals surface area contributed by atoms with Crippen molar-refractivity contribution in [3.8, 4) is 11.5 Å². The number of nitrogens with zero attached hydrogens (tertiary/aromatic N) is 1. The minimum atomic E-state index is -0.457. The molecule has 0 saturated carbocycles. The smallest absolute Gasteiger partial charge is 0.344 e. The van der Waals surface area contributed by atoms with Crippen LogP contribution in [0.1, 0.15) is 25.0 Å². The van der Waals surface area contributed by atoms with E-state index < -0.39 is 5.97 Å². The Morgan fingerprint density at radius 3 is 2.65 bits per heavy atom. The molecule has 1 fully saturated rings. The van der Waals surface area contributed by atoms with E-state index in [1.54, 1.807) is 38.1 Å². The fraction of sp³-hybridized carbons (Fsp3) is 0.261. The van der Waals surface area contributed by atoms with Gasteiger partial charge in [0.05, 0.1) is 23.8 Å². The van der Waals surface area contributed by atoms with Crippen LogP contribution in [-0.4, -0.2) is 36.0 Å². The third-order valence-electron chi connectivity index (χ3n) is 4.25. The van der Waals surface area contributed by atoms with Crippen molar-refractivity contribution in [2.75, 3.05) is 18.6 Å². The Kier molecular flexibility index (Phi) is 7.35. The predicted octanol–water partition coefficient (Wildman–Crippen LogP) is 4.74. The fourth-order valence-corrected chi connectivity index (χ4v) is 4.23. The van der Waals surface area contributed by atoms with E-state index >= 15 is 0 Å². The summed E-state index contributed by atoms with van der Waals surface area (Å²) in [6, 6.07) is 12.9. The quantitative estimate of drug-likeness (QED) is 0.338. The zero-order valence-electron chi connectivity index (χ0n) is 17.7. The van der Waals surface area contributed by atoms with Crippen molar-refractivity contribution in [1.29, 1.82) is 0 Å². The summed E-state index contributed by atoms with van der Waals surface area (Å²) in [6.45, 7) is 5.29. The lowest BCUT2D eigenvalue weighted by atomic mass is 10.1. The molecule has 8 heteroatoms. The molecule has 1 amide bonds. The topological polar surface area (TPSA) is 65.1 Å². The second kappa shape index (κ2) is 9.98. The first-order valence-electron chi connectivity index (χ1n) is 9.63. The lowest BCUT2D eigenvalue weighted by molar-refractivity contribution is -0.149. The second-order valence-electron chi connectivity index (χ2n) is 7.09. The van der Waals surface area contributed by atoms with Crippen molar-refractivity contribution in [1.82, 2.24) is 0 Å². The third kappa shape index (κ3) is 5.65. The summed E-state index contributed by atoms with van der Waals surface area (Å²) in [4.78, 5) is 26.7. The molecule has 6 nitrogen and oxygen atoms in total. The van der Waals surface area contributed by atoms with Gasteiger partial charge in [-0.1, -0.05) is 42.2 Å². The van der Waals surface area contributed by atoms with Crippen LogP contribution in [0.25, 0.3) is 6.08 Å². The predicted molar refractivity (Wildman–Crippen MR) is 127 cm³/mol. The van der Waals surface area contributed by atoms with Crippen molar-refractivity contribution in [3.05, 3.63) is 58.5 Å². The first-order valence-corrected chi connectivity index (χ1v) is 10.9. The second-order valence-corrected chi connectivity index (χ2v) is 8.77. The van der Waals surface area contributed by atoms with E-state index in [1.807, 2.05) is 31.2 Å². The lowest BCUT2D eigenvalue weighted by Gasteiger charge is -2.15. The Labute approximate surface area is 191 Å². The van der Waals surface area contributed by atoms with Crippen LogP contribution in [0.5, 0.6) is 11.5 Å². The molecule has 0 spiro atoms. The van der Waals surface area contributed by atoms with Gasteiger partial charge in [-0.2, -0.15) is 0 Å². The maximum atomic E-state index is 13.0. The van der Waals surface area contributed by atoms with Gasteiger partial charge in [-0.05, 0) is 62.2 Å². The average molecular weight is 458 g/mol. The van der Waals surface area contributed by atoms with Gasteiger partial charge in [0.15, 0.2) is 22.4 Å². The molecule has 2 aromatic rings. The van der Waals surface area contributed by atoms with E-state index in [4.69, 9.17) is 26.4 Å². The number of carbonyl (C=O) groups is 2. The van der Waals surface area contributed by atoms with Crippen molar-refractivity contribution in [2.24, 2.45) is 0 Å². The number of thioether (sulfide) groups is 1. The molecule has 1 aliphatic heterocycles. The van der Waals surface area contributed by atoms with Crippen LogP contribution in [0, 0.1) is 6.92 Å². The Morgan fingerprint density at radius 1 is 1.19 bits per heavy atom. The third-order valence-corrected chi connectivity index (χ3v) is 5.55. The van der Waals surface area contributed by atoms with Crippen molar-refractivity contribution in [2.45, 2.75) is 26.9 Å². The van der Waals surface area contributed by atoms with E-state index in [-0.39, 0.29) is 18.6 Å². The molecule has 1 aliphatic rings. The van der Waals surface area contributed by atoms with Crippen LogP contribution < -0.4 is 14.4 Å². The van der Waals surface area contributed by atoms with Crippen molar-refractivity contribution >= 4 is 51.9 Å². The molecule has 3 rings (SSSR count). The normalized spacial score (nSPS) is 15.0. The number of thiocarbonyl (C=S) groups is 1. The summed E-state index contributed by atoms with van der Waals surface area (Å²) >= 11 is 6.68. The number of rotatable bonds is 7. The summed E-state index contributed by atoms with van der Waals surface area (Å²) in [5, 5.41) is 0. The molecule has 1 saturated heterocycles. The summed E-state index contributed by atoms with van der Waals surface area (Å²) in [5.41, 5.74) is 2.55. The summed E-state index contributed by atoms with van der Waals surface area (Å²) in [6.07, 6.45) is 1.55. The summed E-state index contributed by atoms with van der Waals surface area (Å²) in [7, 11) is 1.51. The highest BCUT2D eigenvalue weighted by molar-refractivity contribution is 8.27. The average Bonchev–Trinajstić information content (AvgIpc) is 2.99. The Morgan fingerprint density at radius 2 is 1.97 bits per heavy atom. The SMILES string of the molecule is COc1cc(/C=C2/SC(=S)N(c3cccc(C)c3)C2=O)ccc1OCC(=O)OC(C)C. The zero-order chi connectivity index (χ0) is 22.5. The molecule has 31 heavy (non-hydrogen) atoms. The number of anilines is 1. The largest absolute Gasteiger partial charge is 0.493 e. The number of methoxy groups -OCH3 is 1. The molecule has 0 unspecified atom stereocenters. The summed E-state index contributed by atoms with van der Waals surface area (Å²) in [5.74, 6) is 0.227. The number of aryl methyl sites for hydroxylation is 1. The van der Waals surface area contributed by atoms with Gasteiger partial charge in [0.2, 0.25) is 0 Å². The van der Waals surface area contributed by atoms with Gasteiger partial charge >= 0.3 is 5.97 Å². The minimum Gasteiger partial charge on any atom is -0.493 e. The molecular weight excluding hydrogens is 434 g/mol. The van der Waals surface area contributed by atoms with Crippen LogP contribution in [0.2, 0.25) is 0 Å². The van der Waals surface area contributed by atoms with Crippen LogP contribution >= 0.6 is 24.0 Å². The Balaban J connectivity index is 1.78. The van der Waals surface area contributed by atoms with E-state index in [0.29, 0.717) is 20.7 Å². The minimum absolute atomic E-state index is 0.170. The van der Waals surface area contributed by atoms with E-state index in [1.165, 1.54) is 23.8 Å². The molecule has 0 aromatic heterocycles. The number of esters is 1. The summed E-state index contributed by atoms with van der Waals surface area (Å²) < 4.78 is 16.4. The van der Waals surface area contributed by atoms with E-state index in [2.05, 4.69) is 0 Å². The van der Waals surface area contributed by atoms with Crippen molar-refractivity contribution in [3.63, 3.8) is 0 Å². The number of carbonyl (C=O) groups excluding carboxylic acids is 2. The van der Waals surface area contributed by atoms with E-state index in [9.17, 15) is 9.59 Å². The maximum Gasteiger partial charge on any atom is 0.344 e. The number of hydrogen-bond donors (Lipinski definition) is 0. The standard InChI is InChI=1S/C23H23NO5S2/c1-14(2)29-21(25)13-28-18-9-8-16(11-19(18)27-4)12-20-22(26)24(23(30)31-20)17-7-5-6-15(3)10-17/h5-12,14H,13H2,1-4H3/b20-12+. The van der Waals surface area contributed by atoms with Crippen LogP contribution in [0.15, 0.2) is 47.4 Å². The Hall–Kier alpha value is -2.84. The van der Waals surface area contributed by atoms with Gasteiger partial charge in [0, 0.05) is 0 Å². The molecule has 0 N–H and O–H groups in total. The van der Waals surface area contributed by atoms with Gasteiger partial charge in [-0.3, -0.25) is 9.69 Å². The lowest BCUT2D eigenvalue weighted by Crippen LogP contribution is -2.27. The highest BCUT2D eigenvalue weighted by Crippen LogP contribution is 2.37. The maximum absolute atomic E-state index is 13.0. The molecule has 2 aromatic carbocycles. The van der Waals surface area contributed by atoms with Crippen molar-refractivity contribution < 1.29 is 23.8 Å². The molecule has 1 heterocycles. The number of amides is 1. The zero-order valence-corrected chi connectivity index (χ0v) is 19.3. The van der Waals surface area contributed by atoms with Crippen LogP contribution in [-0.2, 0) is 14.3 Å². The van der Waals surface area contributed by atoms with Gasteiger partial charge in [-0.25, -0.2) is 4.79 Å². The number of hydrogen-bond acceptors (Lipinski definition) is 7. The highest BCUT2D eigenvalue weighted by Gasteiger charge is 2.33. The number of ether oxygens (including phenoxy) is 3. The molecule has 0 aliphatic carbocycles. The Bertz CT molecular complexity index is 1050. The molecular formula is C23H23NO5S2. The first-order chi connectivity index (χ1) is 14.8. The van der Waals surface area contributed by atoms with Crippen LogP contribution in [0.3, 0.4) is 0 Å². The fourth-order valence-electron chi connectivity index (χ4n) is 2.94. The molecule has 0 radical (unpaired) electrons. The highest BCUT2D eigenvalue weighted by atomic mass is 32.2. The van der Waals surface area contributed by atoms with Gasteiger partial charge in [-0.15, -0.1) is 0 Å².